The fraction of sp³-hybridized carbons (Fsp3) is 0.500. The Kier molecular flexibility index (Phi) is 6.37. The summed E-state index contributed by atoms with van der Waals surface area (Å²) in [6, 6.07) is 7.16. The van der Waals surface area contributed by atoms with E-state index in [4.69, 9.17) is 0 Å². The SMILES string of the molecule is CCCC(C)(O)CNC(=O)CNC(=O)c1cccc(C)c1. The summed E-state index contributed by atoms with van der Waals surface area (Å²) in [5.74, 6) is -0.596. The van der Waals surface area contributed by atoms with Crippen molar-refractivity contribution in [3.63, 3.8) is 0 Å². The molecule has 5 nitrogen and oxygen atoms in total. The van der Waals surface area contributed by atoms with E-state index in [1.807, 2.05) is 19.9 Å². The van der Waals surface area contributed by atoms with Gasteiger partial charge >= 0.3 is 0 Å². The third-order valence-corrected chi connectivity index (χ3v) is 3.14. The van der Waals surface area contributed by atoms with Crippen LogP contribution in [0.5, 0.6) is 0 Å². The molecule has 0 aliphatic heterocycles. The number of aryl methyl sites for hydroxylation is 1. The predicted molar refractivity (Wildman–Crippen MR) is 82.1 cm³/mol. The van der Waals surface area contributed by atoms with Gasteiger partial charge in [0.1, 0.15) is 0 Å². The van der Waals surface area contributed by atoms with Gasteiger partial charge in [0, 0.05) is 12.1 Å². The largest absolute Gasteiger partial charge is 0.388 e. The molecule has 0 heterocycles. The molecule has 2 amide bonds. The summed E-state index contributed by atoms with van der Waals surface area (Å²) >= 11 is 0. The van der Waals surface area contributed by atoms with E-state index in [0.29, 0.717) is 12.0 Å². The van der Waals surface area contributed by atoms with Gasteiger partial charge in [-0.25, -0.2) is 0 Å². The minimum Gasteiger partial charge on any atom is -0.388 e. The number of rotatable bonds is 7. The fourth-order valence-electron chi connectivity index (χ4n) is 2.03. The van der Waals surface area contributed by atoms with E-state index < -0.39 is 5.60 Å². The molecule has 0 aliphatic rings. The molecule has 21 heavy (non-hydrogen) atoms. The average molecular weight is 292 g/mol. The molecule has 0 radical (unpaired) electrons. The minimum atomic E-state index is -0.912. The first-order valence-electron chi connectivity index (χ1n) is 7.18. The number of amides is 2. The molecule has 116 valence electrons. The Bertz CT molecular complexity index is 498. The van der Waals surface area contributed by atoms with Crippen LogP contribution in [-0.2, 0) is 4.79 Å². The maximum absolute atomic E-state index is 11.9. The predicted octanol–water partition coefficient (Wildman–Crippen LogP) is 1.39. The molecule has 0 bridgehead atoms. The molecule has 1 aromatic carbocycles. The standard InChI is InChI=1S/C16H24N2O3/c1-4-8-16(3,21)11-18-14(19)10-17-15(20)13-7-5-6-12(2)9-13/h5-7,9,21H,4,8,10-11H2,1-3H3,(H,17,20)(H,18,19). The summed E-state index contributed by atoms with van der Waals surface area (Å²) in [6.07, 6.45) is 1.45. The van der Waals surface area contributed by atoms with Crippen LogP contribution in [0.1, 0.15) is 42.6 Å². The van der Waals surface area contributed by atoms with Crippen LogP contribution in [0.3, 0.4) is 0 Å². The van der Waals surface area contributed by atoms with Crippen molar-refractivity contribution in [1.82, 2.24) is 10.6 Å². The van der Waals surface area contributed by atoms with Crippen LogP contribution in [0.4, 0.5) is 0 Å². The lowest BCUT2D eigenvalue weighted by Gasteiger charge is -2.22. The Morgan fingerprint density at radius 2 is 2.00 bits per heavy atom. The van der Waals surface area contributed by atoms with Gasteiger partial charge in [0.25, 0.3) is 5.91 Å². The van der Waals surface area contributed by atoms with Crippen molar-refractivity contribution >= 4 is 11.8 Å². The van der Waals surface area contributed by atoms with E-state index >= 15 is 0 Å². The number of aliphatic hydroxyl groups is 1. The van der Waals surface area contributed by atoms with Crippen LogP contribution >= 0.6 is 0 Å². The summed E-state index contributed by atoms with van der Waals surface area (Å²) in [7, 11) is 0. The molecular formula is C16H24N2O3. The van der Waals surface area contributed by atoms with Crippen molar-refractivity contribution in [2.45, 2.75) is 39.2 Å². The number of nitrogens with one attached hydrogen (secondary N) is 2. The maximum Gasteiger partial charge on any atom is 0.251 e. The molecule has 1 atom stereocenters. The molecule has 0 aromatic heterocycles. The van der Waals surface area contributed by atoms with Gasteiger partial charge in [-0.1, -0.05) is 31.0 Å². The first-order chi connectivity index (χ1) is 9.84. The zero-order valence-electron chi connectivity index (χ0n) is 12.9. The molecule has 3 N–H and O–H groups in total. The first kappa shape index (κ1) is 17.2. The van der Waals surface area contributed by atoms with Gasteiger partial charge in [-0.3, -0.25) is 9.59 Å². The molecule has 1 aromatic rings. The summed E-state index contributed by atoms with van der Waals surface area (Å²) < 4.78 is 0. The normalized spacial score (nSPS) is 13.3. The number of benzene rings is 1. The summed E-state index contributed by atoms with van der Waals surface area (Å²) in [5, 5.41) is 15.1. The monoisotopic (exact) mass is 292 g/mol. The van der Waals surface area contributed by atoms with Crippen LogP contribution in [0.2, 0.25) is 0 Å². The molecule has 0 saturated heterocycles. The van der Waals surface area contributed by atoms with Crippen molar-refractivity contribution in [3.8, 4) is 0 Å². The molecule has 0 spiro atoms. The summed E-state index contributed by atoms with van der Waals surface area (Å²) in [6.45, 7) is 5.63. The number of hydrogen-bond donors (Lipinski definition) is 3. The van der Waals surface area contributed by atoms with Crippen LogP contribution in [0.25, 0.3) is 0 Å². The topological polar surface area (TPSA) is 78.4 Å². The van der Waals surface area contributed by atoms with Gasteiger partial charge in [-0.2, -0.15) is 0 Å². The minimum absolute atomic E-state index is 0.102. The van der Waals surface area contributed by atoms with Gasteiger partial charge in [0.2, 0.25) is 5.91 Å². The number of hydrogen-bond acceptors (Lipinski definition) is 3. The Morgan fingerprint density at radius 3 is 2.62 bits per heavy atom. The van der Waals surface area contributed by atoms with Crippen molar-refractivity contribution in [2.75, 3.05) is 13.1 Å². The highest BCUT2D eigenvalue weighted by atomic mass is 16.3. The average Bonchev–Trinajstić information content (AvgIpc) is 2.42. The molecular weight excluding hydrogens is 268 g/mol. The van der Waals surface area contributed by atoms with E-state index in [1.165, 1.54) is 0 Å². The zero-order valence-corrected chi connectivity index (χ0v) is 12.9. The van der Waals surface area contributed by atoms with Crippen molar-refractivity contribution in [2.24, 2.45) is 0 Å². The Hall–Kier alpha value is -1.88. The van der Waals surface area contributed by atoms with Crippen LogP contribution in [-0.4, -0.2) is 35.6 Å². The van der Waals surface area contributed by atoms with Crippen LogP contribution in [0, 0.1) is 6.92 Å². The van der Waals surface area contributed by atoms with E-state index in [9.17, 15) is 14.7 Å². The Morgan fingerprint density at radius 1 is 1.29 bits per heavy atom. The molecule has 0 saturated carbocycles. The van der Waals surface area contributed by atoms with Gasteiger partial charge in [-0.15, -0.1) is 0 Å². The van der Waals surface area contributed by atoms with E-state index in [1.54, 1.807) is 25.1 Å². The number of carbonyl (C=O) groups excluding carboxylic acids is 2. The molecule has 1 unspecified atom stereocenters. The Labute approximate surface area is 125 Å². The van der Waals surface area contributed by atoms with Crippen LogP contribution < -0.4 is 10.6 Å². The Balaban J connectivity index is 2.38. The van der Waals surface area contributed by atoms with Gasteiger partial charge in [0.15, 0.2) is 0 Å². The fourth-order valence-corrected chi connectivity index (χ4v) is 2.03. The first-order valence-corrected chi connectivity index (χ1v) is 7.18. The lowest BCUT2D eigenvalue weighted by atomic mass is 10.0. The highest BCUT2D eigenvalue weighted by Crippen LogP contribution is 2.09. The number of carbonyl (C=O) groups is 2. The second-order valence-electron chi connectivity index (χ2n) is 5.58. The van der Waals surface area contributed by atoms with Gasteiger partial charge < -0.3 is 15.7 Å². The van der Waals surface area contributed by atoms with E-state index in [0.717, 1.165) is 12.0 Å². The van der Waals surface area contributed by atoms with E-state index in [-0.39, 0.29) is 24.9 Å². The van der Waals surface area contributed by atoms with Crippen molar-refractivity contribution in [1.29, 1.82) is 0 Å². The second kappa shape index (κ2) is 7.78. The van der Waals surface area contributed by atoms with Crippen molar-refractivity contribution < 1.29 is 14.7 Å². The summed E-state index contributed by atoms with van der Waals surface area (Å²) in [5.41, 5.74) is 0.605. The molecule has 0 fully saturated rings. The summed E-state index contributed by atoms with van der Waals surface area (Å²) in [4.78, 5) is 23.5. The van der Waals surface area contributed by atoms with Gasteiger partial charge in [-0.05, 0) is 32.4 Å². The highest BCUT2D eigenvalue weighted by Gasteiger charge is 2.19. The lowest BCUT2D eigenvalue weighted by molar-refractivity contribution is -0.121. The van der Waals surface area contributed by atoms with Gasteiger partial charge in [0.05, 0.1) is 12.1 Å². The molecule has 1 rings (SSSR count). The molecule has 5 heteroatoms. The smallest absolute Gasteiger partial charge is 0.251 e. The third-order valence-electron chi connectivity index (χ3n) is 3.14. The van der Waals surface area contributed by atoms with Crippen molar-refractivity contribution in [3.05, 3.63) is 35.4 Å². The molecule has 0 aliphatic carbocycles. The van der Waals surface area contributed by atoms with Crippen LogP contribution in [0.15, 0.2) is 24.3 Å². The highest BCUT2D eigenvalue weighted by molar-refractivity contribution is 5.96. The third kappa shape index (κ3) is 6.40. The maximum atomic E-state index is 11.9. The quantitative estimate of drug-likeness (QED) is 0.710. The lowest BCUT2D eigenvalue weighted by Crippen LogP contribution is -2.44. The van der Waals surface area contributed by atoms with E-state index in [2.05, 4.69) is 10.6 Å². The zero-order chi connectivity index (χ0) is 15.9. The second-order valence-corrected chi connectivity index (χ2v) is 5.58.